The number of nitrogens with zero attached hydrogens (tertiary/aromatic N) is 2. The molecule has 0 aliphatic carbocycles. The van der Waals surface area contributed by atoms with Crippen LogP contribution in [0, 0.1) is 11.3 Å². The fourth-order valence-corrected chi connectivity index (χ4v) is 3.90. The van der Waals surface area contributed by atoms with Crippen molar-refractivity contribution < 1.29 is 33.4 Å². The number of hydrogen-bond donors (Lipinski definition) is 2. The van der Waals surface area contributed by atoms with Gasteiger partial charge in [-0.1, -0.05) is 47.6 Å². The molecule has 0 saturated carbocycles. The number of oxime groups is 1. The van der Waals surface area contributed by atoms with Crippen LogP contribution in [-0.2, 0) is 35.2 Å². The van der Waals surface area contributed by atoms with E-state index < -0.39 is 29.8 Å². The maximum Gasteiger partial charge on any atom is 0.407 e. The number of amides is 2. The van der Waals surface area contributed by atoms with E-state index in [0.29, 0.717) is 30.7 Å². The third-order valence-corrected chi connectivity index (χ3v) is 6.11. The Kier molecular flexibility index (Phi) is 11.9. The van der Waals surface area contributed by atoms with Gasteiger partial charge in [0.2, 0.25) is 5.91 Å². The minimum Gasteiger partial charge on any atom is -0.458 e. The monoisotopic (exact) mass is 578 g/mol. The molecule has 11 heteroatoms. The Balaban J connectivity index is 1.43. The van der Waals surface area contributed by atoms with Crippen molar-refractivity contribution in [3.05, 3.63) is 71.3 Å². The summed E-state index contributed by atoms with van der Waals surface area (Å²) in [6.45, 7) is 7.33. The smallest absolute Gasteiger partial charge is 0.407 e. The molecule has 2 amide bonds. The van der Waals surface area contributed by atoms with Crippen molar-refractivity contribution in [1.29, 1.82) is 5.26 Å². The van der Waals surface area contributed by atoms with Crippen LogP contribution in [0.15, 0.2) is 59.8 Å². The van der Waals surface area contributed by atoms with Crippen molar-refractivity contribution in [2.24, 2.45) is 5.16 Å². The number of hydrogen-bond acceptors (Lipinski definition) is 9. The van der Waals surface area contributed by atoms with Crippen molar-refractivity contribution in [3.63, 3.8) is 0 Å². The van der Waals surface area contributed by atoms with Gasteiger partial charge in [-0.3, -0.25) is 4.79 Å². The van der Waals surface area contributed by atoms with E-state index in [4.69, 9.17) is 24.3 Å². The molecule has 3 atom stereocenters. The Hall–Kier alpha value is -4.43. The van der Waals surface area contributed by atoms with Gasteiger partial charge in [0.05, 0.1) is 43.1 Å². The van der Waals surface area contributed by atoms with E-state index in [1.54, 1.807) is 45.0 Å². The van der Waals surface area contributed by atoms with Gasteiger partial charge in [0.1, 0.15) is 17.7 Å². The molecular formula is C31H38N4O7. The number of rotatable bonds is 13. The first-order valence-electron chi connectivity index (χ1n) is 13.8. The van der Waals surface area contributed by atoms with Crippen molar-refractivity contribution >= 4 is 23.7 Å². The van der Waals surface area contributed by atoms with E-state index in [0.717, 1.165) is 11.1 Å². The van der Waals surface area contributed by atoms with Gasteiger partial charge in [0.25, 0.3) is 0 Å². The van der Waals surface area contributed by atoms with Crippen molar-refractivity contribution in [2.75, 3.05) is 13.2 Å². The summed E-state index contributed by atoms with van der Waals surface area (Å²) in [5.41, 5.74) is 2.26. The molecule has 3 rings (SSSR count). The molecule has 1 aliphatic rings. The highest BCUT2D eigenvalue weighted by atomic mass is 16.6. The van der Waals surface area contributed by atoms with Crippen molar-refractivity contribution in [2.45, 2.75) is 77.4 Å². The zero-order chi connectivity index (χ0) is 30.5. The topological polar surface area (TPSA) is 148 Å². The van der Waals surface area contributed by atoms with Crippen LogP contribution >= 0.6 is 0 Å². The van der Waals surface area contributed by atoms with Gasteiger partial charge in [-0.2, -0.15) is 5.26 Å². The Labute approximate surface area is 246 Å². The SMILES string of the molecule is C[C@@H](CCOC(=O)N[C@@H](CNC(=O)C[C@H]1CC(c2ccc(C#N)cc2)=NO1)C(=O)OC(C)(C)C)OCc1ccccc1. The summed E-state index contributed by atoms with van der Waals surface area (Å²) < 4.78 is 16.5. The van der Waals surface area contributed by atoms with Crippen LogP contribution in [0.5, 0.6) is 0 Å². The molecule has 1 aliphatic heterocycles. The molecule has 2 aromatic rings. The van der Waals surface area contributed by atoms with Gasteiger partial charge < -0.3 is 29.7 Å². The molecule has 11 nitrogen and oxygen atoms in total. The third kappa shape index (κ3) is 11.2. The van der Waals surface area contributed by atoms with E-state index in [1.807, 2.05) is 37.3 Å². The summed E-state index contributed by atoms with van der Waals surface area (Å²) in [5.74, 6) is -1.09. The lowest BCUT2D eigenvalue weighted by molar-refractivity contribution is -0.157. The van der Waals surface area contributed by atoms with E-state index in [9.17, 15) is 14.4 Å². The lowest BCUT2D eigenvalue weighted by atomic mass is 10.0. The van der Waals surface area contributed by atoms with Crippen LogP contribution < -0.4 is 10.6 Å². The minimum absolute atomic E-state index is 0.00433. The summed E-state index contributed by atoms with van der Waals surface area (Å²) in [7, 11) is 0. The highest BCUT2D eigenvalue weighted by molar-refractivity contribution is 6.01. The first-order chi connectivity index (χ1) is 20.0. The Bertz CT molecular complexity index is 1270. The third-order valence-electron chi connectivity index (χ3n) is 6.11. The molecule has 0 fully saturated rings. The number of nitrogens with one attached hydrogen (secondary N) is 2. The van der Waals surface area contributed by atoms with E-state index in [1.165, 1.54) is 0 Å². The zero-order valence-electron chi connectivity index (χ0n) is 24.4. The second-order valence-corrected chi connectivity index (χ2v) is 10.9. The summed E-state index contributed by atoms with van der Waals surface area (Å²) in [6.07, 6.45) is -0.586. The average Bonchev–Trinajstić information content (AvgIpc) is 3.42. The van der Waals surface area contributed by atoms with Crippen LogP contribution in [0.3, 0.4) is 0 Å². The summed E-state index contributed by atoms with van der Waals surface area (Å²) in [5, 5.41) is 18.2. The van der Waals surface area contributed by atoms with E-state index in [2.05, 4.69) is 21.9 Å². The van der Waals surface area contributed by atoms with Crippen LogP contribution in [0.1, 0.15) is 63.6 Å². The first kappa shape index (κ1) is 32.1. The van der Waals surface area contributed by atoms with Gasteiger partial charge in [-0.25, -0.2) is 9.59 Å². The van der Waals surface area contributed by atoms with Gasteiger partial charge in [0, 0.05) is 19.4 Å². The van der Waals surface area contributed by atoms with Crippen molar-refractivity contribution in [1.82, 2.24) is 10.6 Å². The molecule has 224 valence electrons. The molecule has 2 aromatic carbocycles. The molecule has 0 aromatic heterocycles. The summed E-state index contributed by atoms with van der Waals surface area (Å²) in [4.78, 5) is 43.3. The predicted octanol–water partition coefficient (Wildman–Crippen LogP) is 3.99. The molecule has 0 bridgehead atoms. The van der Waals surface area contributed by atoms with Crippen LogP contribution in [0.25, 0.3) is 0 Å². The second-order valence-electron chi connectivity index (χ2n) is 10.9. The van der Waals surface area contributed by atoms with Gasteiger partial charge in [-0.15, -0.1) is 0 Å². The van der Waals surface area contributed by atoms with Gasteiger partial charge >= 0.3 is 12.1 Å². The van der Waals surface area contributed by atoms with Gasteiger partial charge in [0.15, 0.2) is 0 Å². The van der Waals surface area contributed by atoms with E-state index in [-0.39, 0.29) is 31.6 Å². The lowest BCUT2D eigenvalue weighted by Crippen LogP contribution is -2.51. The quantitative estimate of drug-likeness (QED) is 0.339. The number of nitriles is 1. The fourth-order valence-electron chi connectivity index (χ4n) is 3.90. The highest BCUT2D eigenvalue weighted by Crippen LogP contribution is 2.19. The molecule has 2 N–H and O–H groups in total. The van der Waals surface area contributed by atoms with E-state index >= 15 is 0 Å². The molecule has 0 spiro atoms. The molecule has 0 saturated heterocycles. The highest BCUT2D eigenvalue weighted by Gasteiger charge is 2.29. The maximum absolute atomic E-state index is 12.8. The number of carbonyl (C=O) groups is 3. The molecule has 42 heavy (non-hydrogen) atoms. The Morgan fingerprint density at radius 1 is 1.12 bits per heavy atom. The Morgan fingerprint density at radius 2 is 1.83 bits per heavy atom. The minimum atomic E-state index is -1.16. The number of ether oxygens (including phenoxy) is 3. The zero-order valence-corrected chi connectivity index (χ0v) is 24.4. The summed E-state index contributed by atoms with van der Waals surface area (Å²) in [6, 6.07) is 17.6. The number of esters is 1. The molecule has 1 heterocycles. The maximum atomic E-state index is 12.8. The van der Waals surface area contributed by atoms with Gasteiger partial charge in [-0.05, 0) is 51.0 Å². The standard InChI is InChI=1S/C31H38N4O7/c1-21(40-20-23-8-6-5-7-9-23)14-15-39-30(38)34-27(29(37)41-31(2,3)4)19-33-28(36)17-25-16-26(35-42-25)24-12-10-22(18-32)11-13-24/h5-13,21,25,27H,14-17,19-20H2,1-4H3,(H,33,36)(H,34,38)/t21-,25+,27-/m0/s1. The number of carbonyl (C=O) groups excluding carboxylic acids is 3. The summed E-state index contributed by atoms with van der Waals surface area (Å²) >= 11 is 0. The second kappa shape index (κ2) is 15.5. The predicted molar refractivity (Wildman–Crippen MR) is 154 cm³/mol. The Morgan fingerprint density at radius 3 is 2.50 bits per heavy atom. The van der Waals surface area contributed by atoms with Crippen LogP contribution in [-0.4, -0.2) is 60.7 Å². The largest absolute Gasteiger partial charge is 0.458 e. The first-order valence-corrected chi connectivity index (χ1v) is 13.8. The lowest BCUT2D eigenvalue weighted by Gasteiger charge is -2.24. The normalized spacial score (nSPS) is 15.8. The fraction of sp³-hybridized carbons (Fsp3) is 0.452. The molecule has 0 radical (unpaired) electrons. The average molecular weight is 579 g/mol. The van der Waals surface area contributed by atoms with Crippen molar-refractivity contribution in [3.8, 4) is 6.07 Å². The molecular weight excluding hydrogens is 540 g/mol. The number of alkyl carbamates (subject to hydrolysis) is 1. The van der Waals surface area contributed by atoms with Crippen LogP contribution in [0.4, 0.5) is 4.79 Å². The molecule has 0 unspecified atom stereocenters. The van der Waals surface area contributed by atoms with Crippen LogP contribution in [0.2, 0.25) is 0 Å². The number of benzene rings is 2.